The average molecular weight is 283 g/mol. The first-order chi connectivity index (χ1) is 9.79. The zero-order valence-corrected chi connectivity index (χ0v) is 13.2. The summed E-state index contributed by atoms with van der Waals surface area (Å²) < 4.78 is 0. The van der Waals surface area contributed by atoms with Gasteiger partial charge in [0.2, 0.25) is 0 Å². The van der Waals surface area contributed by atoms with Crippen molar-refractivity contribution in [1.29, 1.82) is 0 Å². The summed E-state index contributed by atoms with van der Waals surface area (Å²) in [7, 11) is 0. The maximum atomic E-state index is 8.85. The predicted molar refractivity (Wildman–Crippen MR) is 85.2 cm³/mol. The molecule has 0 bridgehead atoms. The molecule has 1 aliphatic rings. The lowest BCUT2D eigenvalue weighted by molar-refractivity contribution is 0.182. The van der Waals surface area contributed by atoms with Gasteiger partial charge in [-0.25, -0.2) is 0 Å². The molecule has 3 N–H and O–H groups in total. The molecule has 1 atom stereocenters. The number of nitrogens with two attached hydrogens (primary N) is 1. The van der Waals surface area contributed by atoms with Crippen LogP contribution in [-0.4, -0.2) is 35.1 Å². The third kappa shape index (κ3) is 6.60. The summed E-state index contributed by atoms with van der Waals surface area (Å²) in [6.07, 6.45) is 14.2. The van der Waals surface area contributed by atoms with Crippen LogP contribution in [0.5, 0.6) is 0 Å². The molecule has 0 amide bonds. The number of unbranched alkanes of at least 4 members (excludes halogenated alkanes) is 7. The minimum absolute atomic E-state index is 0.165. The van der Waals surface area contributed by atoms with Gasteiger partial charge in [0.05, 0.1) is 6.04 Å². The highest BCUT2D eigenvalue weighted by Crippen LogP contribution is 2.18. The fraction of sp³-hybridized carbons (Fsp3) is 0.938. The molecule has 4 nitrogen and oxygen atoms in total. The molecule has 118 valence electrons. The molecule has 0 aliphatic carbocycles. The van der Waals surface area contributed by atoms with Crippen LogP contribution in [0, 0.1) is 0 Å². The van der Waals surface area contributed by atoms with Crippen LogP contribution in [0.1, 0.15) is 77.6 Å². The van der Waals surface area contributed by atoms with E-state index in [2.05, 4.69) is 17.0 Å². The van der Waals surface area contributed by atoms with E-state index in [-0.39, 0.29) is 6.04 Å². The van der Waals surface area contributed by atoms with Crippen molar-refractivity contribution in [3.05, 3.63) is 0 Å². The van der Waals surface area contributed by atoms with Gasteiger partial charge in [-0.3, -0.25) is 4.90 Å². The molecule has 0 saturated carbocycles. The standard InChI is InChI=1S/C16H33N3O/c1-2-3-4-5-6-7-8-10-13-19-14-11-9-12-15(19)16(17)18-20/h15,20H,2-14H2,1H3,(H2,17,18). The second kappa shape index (κ2) is 11.0. The van der Waals surface area contributed by atoms with Gasteiger partial charge in [0.1, 0.15) is 0 Å². The van der Waals surface area contributed by atoms with Gasteiger partial charge >= 0.3 is 0 Å². The molecule has 1 rings (SSSR count). The maximum Gasteiger partial charge on any atom is 0.156 e. The maximum absolute atomic E-state index is 8.85. The minimum Gasteiger partial charge on any atom is -0.409 e. The molecule has 0 aromatic rings. The van der Waals surface area contributed by atoms with Crippen LogP contribution in [0.25, 0.3) is 0 Å². The van der Waals surface area contributed by atoms with E-state index in [1.807, 2.05) is 0 Å². The summed E-state index contributed by atoms with van der Waals surface area (Å²) in [4.78, 5) is 2.40. The summed E-state index contributed by atoms with van der Waals surface area (Å²) >= 11 is 0. The Hall–Kier alpha value is -0.770. The topological polar surface area (TPSA) is 61.8 Å². The second-order valence-corrected chi connectivity index (χ2v) is 6.05. The van der Waals surface area contributed by atoms with E-state index in [0.717, 1.165) is 19.5 Å². The van der Waals surface area contributed by atoms with Crippen molar-refractivity contribution >= 4 is 5.84 Å². The van der Waals surface area contributed by atoms with Crippen LogP contribution in [0.3, 0.4) is 0 Å². The number of hydrogen-bond donors (Lipinski definition) is 2. The van der Waals surface area contributed by atoms with Crippen molar-refractivity contribution in [2.75, 3.05) is 13.1 Å². The van der Waals surface area contributed by atoms with E-state index in [1.165, 1.54) is 64.2 Å². The number of oxime groups is 1. The van der Waals surface area contributed by atoms with Gasteiger partial charge in [-0.2, -0.15) is 0 Å². The van der Waals surface area contributed by atoms with Crippen LogP contribution >= 0.6 is 0 Å². The normalized spacial score (nSPS) is 21.2. The molecule has 1 saturated heterocycles. The average Bonchev–Trinajstić information content (AvgIpc) is 2.49. The van der Waals surface area contributed by atoms with Crippen molar-refractivity contribution in [2.24, 2.45) is 10.9 Å². The van der Waals surface area contributed by atoms with Gasteiger partial charge in [-0.15, -0.1) is 0 Å². The third-order valence-electron chi connectivity index (χ3n) is 4.37. The van der Waals surface area contributed by atoms with Crippen molar-refractivity contribution < 1.29 is 5.21 Å². The quantitative estimate of drug-likeness (QED) is 0.211. The smallest absolute Gasteiger partial charge is 0.156 e. The molecule has 0 aromatic carbocycles. The number of likely N-dealkylation sites (tertiary alicyclic amines) is 1. The van der Waals surface area contributed by atoms with Crippen molar-refractivity contribution in [3.63, 3.8) is 0 Å². The second-order valence-electron chi connectivity index (χ2n) is 6.05. The monoisotopic (exact) mass is 283 g/mol. The molecular weight excluding hydrogens is 250 g/mol. The van der Waals surface area contributed by atoms with Crippen molar-refractivity contribution in [2.45, 2.75) is 83.6 Å². The lowest BCUT2D eigenvalue weighted by Crippen LogP contribution is -2.48. The molecule has 0 aromatic heterocycles. The number of nitrogens with zero attached hydrogens (tertiary/aromatic N) is 2. The SMILES string of the molecule is CCCCCCCCCCN1CCCCC1C(N)=NO. The fourth-order valence-corrected chi connectivity index (χ4v) is 3.11. The summed E-state index contributed by atoms with van der Waals surface area (Å²) in [6.45, 7) is 4.45. The summed E-state index contributed by atoms with van der Waals surface area (Å²) in [6, 6.07) is 0.165. The van der Waals surface area contributed by atoms with E-state index >= 15 is 0 Å². The molecule has 0 radical (unpaired) electrons. The Bertz CT molecular complexity index is 268. The zero-order chi connectivity index (χ0) is 14.6. The number of amidine groups is 1. The van der Waals surface area contributed by atoms with E-state index in [0.29, 0.717) is 5.84 Å². The highest BCUT2D eigenvalue weighted by atomic mass is 16.4. The Balaban J connectivity index is 2.10. The van der Waals surface area contributed by atoms with E-state index in [1.54, 1.807) is 0 Å². The Morgan fingerprint density at radius 3 is 2.40 bits per heavy atom. The highest BCUT2D eigenvalue weighted by Gasteiger charge is 2.25. The predicted octanol–water partition coefficient (Wildman–Crippen LogP) is 3.73. The minimum atomic E-state index is 0.165. The molecule has 4 heteroatoms. The molecule has 1 aliphatic heterocycles. The number of piperidine rings is 1. The Morgan fingerprint density at radius 1 is 1.10 bits per heavy atom. The van der Waals surface area contributed by atoms with Crippen molar-refractivity contribution in [1.82, 2.24) is 4.90 Å². The molecule has 0 spiro atoms. The number of rotatable bonds is 10. The zero-order valence-electron chi connectivity index (χ0n) is 13.2. The van der Waals surface area contributed by atoms with Crippen LogP contribution in [0.4, 0.5) is 0 Å². The number of hydrogen-bond acceptors (Lipinski definition) is 3. The largest absolute Gasteiger partial charge is 0.409 e. The van der Waals surface area contributed by atoms with Gasteiger partial charge in [-0.1, -0.05) is 63.4 Å². The van der Waals surface area contributed by atoms with Crippen LogP contribution in [0.2, 0.25) is 0 Å². The fourth-order valence-electron chi connectivity index (χ4n) is 3.11. The van der Waals surface area contributed by atoms with Crippen LogP contribution < -0.4 is 5.73 Å². The van der Waals surface area contributed by atoms with Crippen LogP contribution in [0.15, 0.2) is 5.16 Å². The molecular formula is C16H33N3O. The van der Waals surface area contributed by atoms with Gasteiger partial charge in [-0.05, 0) is 32.4 Å². The van der Waals surface area contributed by atoms with Crippen molar-refractivity contribution in [3.8, 4) is 0 Å². The van der Waals surface area contributed by atoms with Gasteiger partial charge in [0.15, 0.2) is 5.84 Å². The molecule has 1 heterocycles. The first kappa shape index (κ1) is 17.3. The summed E-state index contributed by atoms with van der Waals surface area (Å²) in [5, 5.41) is 12.1. The first-order valence-corrected chi connectivity index (χ1v) is 8.51. The Kier molecular flexibility index (Phi) is 9.46. The molecule has 20 heavy (non-hydrogen) atoms. The van der Waals surface area contributed by atoms with E-state index in [4.69, 9.17) is 10.9 Å². The third-order valence-corrected chi connectivity index (χ3v) is 4.37. The lowest BCUT2D eigenvalue weighted by atomic mass is 10.0. The summed E-state index contributed by atoms with van der Waals surface area (Å²) in [5.41, 5.74) is 5.79. The molecule has 1 fully saturated rings. The van der Waals surface area contributed by atoms with Gasteiger partial charge < -0.3 is 10.9 Å². The van der Waals surface area contributed by atoms with E-state index in [9.17, 15) is 0 Å². The Morgan fingerprint density at radius 2 is 1.75 bits per heavy atom. The van der Waals surface area contributed by atoms with Gasteiger partial charge in [0, 0.05) is 0 Å². The highest BCUT2D eigenvalue weighted by molar-refractivity contribution is 5.85. The first-order valence-electron chi connectivity index (χ1n) is 8.51. The molecule has 1 unspecified atom stereocenters. The Labute approximate surface area is 124 Å². The van der Waals surface area contributed by atoms with Gasteiger partial charge in [0.25, 0.3) is 0 Å². The van der Waals surface area contributed by atoms with E-state index < -0.39 is 0 Å². The summed E-state index contributed by atoms with van der Waals surface area (Å²) in [5.74, 6) is 0.393. The van der Waals surface area contributed by atoms with Crippen LogP contribution in [-0.2, 0) is 0 Å². The lowest BCUT2D eigenvalue weighted by Gasteiger charge is -2.34.